The number of nitrogens with one attached hydrogen (secondary N) is 1. The van der Waals surface area contributed by atoms with E-state index in [9.17, 15) is 4.79 Å². The molecule has 1 amide bonds. The number of benzene rings is 2. The van der Waals surface area contributed by atoms with E-state index < -0.39 is 0 Å². The molecule has 0 aliphatic heterocycles. The van der Waals surface area contributed by atoms with Gasteiger partial charge in [-0.25, -0.2) is 4.98 Å². The zero-order chi connectivity index (χ0) is 20.1. The molecule has 3 rings (SSSR count). The summed E-state index contributed by atoms with van der Waals surface area (Å²) >= 11 is 1.45. The lowest BCUT2D eigenvalue weighted by molar-refractivity contribution is -0.120. The average molecular weight is 396 g/mol. The van der Waals surface area contributed by atoms with Crippen molar-refractivity contribution in [3.8, 4) is 11.4 Å². The lowest BCUT2D eigenvalue weighted by atomic mass is 10.1. The van der Waals surface area contributed by atoms with Crippen molar-refractivity contribution in [1.29, 1.82) is 0 Å². The smallest absolute Gasteiger partial charge is 0.233 e. The molecule has 3 aromatic rings. The van der Waals surface area contributed by atoms with Gasteiger partial charge >= 0.3 is 0 Å². The van der Waals surface area contributed by atoms with Gasteiger partial charge < -0.3 is 10.1 Å². The van der Waals surface area contributed by atoms with Crippen LogP contribution in [0.2, 0.25) is 0 Å². The van der Waals surface area contributed by atoms with Crippen molar-refractivity contribution in [3.05, 3.63) is 71.5 Å². The van der Waals surface area contributed by atoms with E-state index in [1.165, 1.54) is 22.9 Å². The second kappa shape index (κ2) is 8.97. The van der Waals surface area contributed by atoms with Crippen molar-refractivity contribution >= 4 is 17.7 Å². The van der Waals surface area contributed by atoms with Crippen LogP contribution in [0.25, 0.3) is 5.69 Å². The van der Waals surface area contributed by atoms with Crippen LogP contribution in [-0.4, -0.2) is 27.8 Å². The fourth-order valence-corrected chi connectivity index (χ4v) is 3.84. The first-order chi connectivity index (χ1) is 13.5. The van der Waals surface area contributed by atoms with Crippen molar-refractivity contribution in [2.45, 2.75) is 37.7 Å². The Bertz CT molecular complexity index is 968. The van der Waals surface area contributed by atoms with Gasteiger partial charge in [0.25, 0.3) is 0 Å². The highest BCUT2D eigenvalue weighted by Gasteiger charge is 2.18. The van der Waals surface area contributed by atoms with Crippen molar-refractivity contribution in [3.63, 3.8) is 0 Å². The number of aromatic nitrogens is 2. The van der Waals surface area contributed by atoms with Crippen LogP contribution in [0.4, 0.5) is 0 Å². The maximum atomic E-state index is 12.6. The van der Waals surface area contributed by atoms with Crippen molar-refractivity contribution in [2.24, 2.45) is 0 Å². The number of aryl methyl sites for hydroxylation is 1. The van der Waals surface area contributed by atoms with Gasteiger partial charge in [-0.3, -0.25) is 9.36 Å². The molecular weight excluding hydrogens is 370 g/mol. The first kappa shape index (κ1) is 20.0. The summed E-state index contributed by atoms with van der Waals surface area (Å²) in [4.78, 5) is 17.1. The van der Waals surface area contributed by atoms with E-state index in [1.807, 2.05) is 48.0 Å². The monoisotopic (exact) mass is 395 g/mol. The number of thioether (sulfide) groups is 1. The van der Waals surface area contributed by atoms with Gasteiger partial charge in [0, 0.05) is 24.5 Å². The van der Waals surface area contributed by atoms with Crippen LogP contribution in [0.5, 0.6) is 5.75 Å². The molecule has 0 saturated heterocycles. The summed E-state index contributed by atoms with van der Waals surface area (Å²) in [6.07, 6.45) is 3.70. The zero-order valence-corrected chi connectivity index (χ0v) is 17.4. The molecule has 0 bridgehead atoms. The van der Waals surface area contributed by atoms with Crippen LogP contribution in [0.3, 0.4) is 0 Å². The van der Waals surface area contributed by atoms with E-state index in [-0.39, 0.29) is 11.2 Å². The zero-order valence-electron chi connectivity index (χ0n) is 16.6. The minimum atomic E-state index is -0.277. The van der Waals surface area contributed by atoms with Crippen LogP contribution in [0.1, 0.15) is 23.6 Å². The van der Waals surface area contributed by atoms with Gasteiger partial charge in [-0.1, -0.05) is 42.1 Å². The third-order valence-corrected chi connectivity index (χ3v) is 5.82. The Labute approximate surface area is 170 Å². The summed E-state index contributed by atoms with van der Waals surface area (Å²) in [5.74, 6) is 0.736. The van der Waals surface area contributed by atoms with E-state index in [0.29, 0.717) is 6.54 Å². The van der Waals surface area contributed by atoms with Crippen molar-refractivity contribution < 1.29 is 9.53 Å². The first-order valence-corrected chi connectivity index (χ1v) is 10.1. The second-order valence-electron chi connectivity index (χ2n) is 6.59. The summed E-state index contributed by atoms with van der Waals surface area (Å²) < 4.78 is 7.38. The molecule has 0 radical (unpaired) electrons. The number of amides is 1. The Balaban J connectivity index is 1.68. The molecule has 5 nitrogen and oxygen atoms in total. The Morgan fingerprint density at radius 1 is 1.21 bits per heavy atom. The number of carbonyl (C=O) groups excluding carboxylic acids is 1. The Morgan fingerprint density at radius 2 is 2.00 bits per heavy atom. The number of hydrogen-bond donors (Lipinski definition) is 1. The fraction of sp³-hybridized carbons (Fsp3) is 0.273. The van der Waals surface area contributed by atoms with Crippen LogP contribution < -0.4 is 10.1 Å². The predicted octanol–water partition coefficient (Wildman–Crippen LogP) is 4.29. The highest BCUT2D eigenvalue weighted by atomic mass is 32.2. The van der Waals surface area contributed by atoms with Crippen LogP contribution in [0.15, 0.2) is 60.0 Å². The maximum Gasteiger partial charge on any atom is 0.233 e. The van der Waals surface area contributed by atoms with Crippen LogP contribution in [0, 0.1) is 13.8 Å². The highest BCUT2D eigenvalue weighted by Crippen LogP contribution is 2.27. The number of hydrogen-bond acceptors (Lipinski definition) is 4. The van der Waals surface area contributed by atoms with E-state index >= 15 is 0 Å². The number of imidazole rings is 1. The summed E-state index contributed by atoms with van der Waals surface area (Å²) in [6.45, 7) is 6.52. The number of rotatable bonds is 7. The summed E-state index contributed by atoms with van der Waals surface area (Å²) in [5.41, 5.74) is 4.47. The average Bonchev–Trinajstić information content (AvgIpc) is 3.16. The predicted molar refractivity (Wildman–Crippen MR) is 113 cm³/mol. The van der Waals surface area contributed by atoms with Crippen LogP contribution >= 0.6 is 11.8 Å². The van der Waals surface area contributed by atoms with E-state index in [4.69, 9.17) is 4.74 Å². The summed E-state index contributed by atoms with van der Waals surface area (Å²) in [5, 5.41) is 3.51. The molecule has 0 saturated carbocycles. The number of carbonyl (C=O) groups is 1. The molecule has 1 N–H and O–H groups in total. The van der Waals surface area contributed by atoms with Crippen molar-refractivity contribution in [2.75, 3.05) is 7.11 Å². The number of nitrogens with zero attached hydrogens (tertiary/aromatic N) is 2. The first-order valence-electron chi connectivity index (χ1n) is 9.17. The molecule has 1 atom stereocenters. The molecule has 2 aromatic carbocycles. The van der Waals surface area contributed by atoms with Gasteiger partial charge in [0.1, 0.15) is 5.75 Å². The lowest BCUT2D eigenvalue weighted by Crippen LogP contribution is -2.30. The molecule has 1 aromatic heterocycles. The van der Waals surface area contributed by atoms with E-state index in [0.717, 1.165) is 22.2 Å². The standard InChI is InChI=1S/C22H25N3O2S/c1-15-8-7-10-19(16(15)2)25-13-12-23-22(25)28-17(3)21(26)24-14-18-9-5-6-11-20(18)27-4/h5-13,17H,14H2,1-4H3,(H,24,26). The second-order valence-corrected chi connectivity index (χ2v) is 7.90. The normalized spacial score (nSPS) is 11.9. The third-order valence-electron chi connectivity index (χ3n) is 4.74. The molecule has 0 aliphatic rings. The topological polar surface area (TPSA) is 56.1 Å². The van der Waals surface area contributed by atoms with Gasteiger partial charge in [0.15, 0.2) is 5.16 Å². The summed E-state index contributed by atoms with van der Waals surface area (Å²) in [7, 11) is 1.63. The molecule has 0 fully saturated rings. The Hall–Kier alpha value is -2.73. The molecule has 6 heteroatoms. The van der Waals surface area contributed by atoms with Gasteiger partial charge in [0.05, 0.1) is 18.0 Å². The summed E-state index contributed by atoms with van der Waals surface area (Å²) in [6, 6.07) is 13.9. The van der Waals surface area contributed by atoms with E-state index in [2.05, 4.69) is 36.3 Å². The van der Waals surface area contributed by atoms with Gasteiger partial charge in [0.2, 0.25) is 5.91 Å². The minimum absolute atomic E-state index is 0.0357. The number of para-hydroxylation sites is 1. The molecular formula is C22H25N3O2S. The van der Waals surface area contributed by atoms with Gasteiger partial charge in [-0.05, 0) is 44.0 Å². The maximum absolute atomic E-state index is 12.6. The highest BCUT2D eigenvalue weighted by molar-refractivity contribution is 8.00. The third kappa shape index (κ3) is 4.39. The number of methoxy groups -OCH3 is 1. The fourth-order valence-electron chi connectivity index (χ4n) is 2.94. The lowest BCUT2D eigenvalue weighted by Gasteiger charge is -2.15. The van der Waals surface area contributed by atoms with Gasteiger partial charge in [-0.2, -0.15) is 0 Å². The molecule has 1 unspecified atom stereocenters. The molecule has 0 spiro atoms. The number of ether oxygens (including phenoxy) is 1. The Kier molecular flexibility index (Phi) is 6.41. The molecule has 1 heterocycles. The van der Waals surface area contributed by atoms with Crippen molar-refractivity contribution in [1.82, 2.24) is 14.9 Å². The van der Waals surface area contributed by atoms with Crippen LogP contribution in [-0.2, 0) is 11.3 Å². The van der Waals surface area contributed by atoms with Gasteiger partial charge in [-0.15, -0.1) is 0 Å². The molecule has 0 aliphatic carbocycles. The molecule has 28 heavy (non-hydrogen) atoms. The minimum Gasteiger partial charge on any atom is -0.496 e. The largest absolute Gasteiger partial charge is 0.496 e. The SMILES string of the molecule is COc1ccccc1CNC(=O)C(C)Sc1nccn1-c1cccc(C)c1C. The Morgan fingerprint density at radius 3 is 2.79 bits per heavy atom. The quantitative estimate of drug-likeness (QED) is 0.606. The van der Waals surface area contributed by atoms with E-state index in [1.54, 1.807) is 13.3 Å². The molecule has 146 valence electrons.